The molecule has 0 unspecified atom stereocenters. The minimum absolute atomic E-state index is 0.535. The van der Waals surface area contributed by atoms with Crippen molar-refractivity contribution in [1.29, 1.82) is 0 Å². The van der Waals surface area contributed by atoms with Crippen molar-refractivity contribution in [3.8, 4) is 5.75 Å². The van der Waals surface area contributed by atoms with Gasteiger partial charge in [-0.15, -0.1) is 0 Å². The van der Waals surface area contributed by atoms with Crippen molar-refractivity contribution in [1.82, 2.24) is 0 Å². The Morgan fingerprint density at radius 3 is 1.96 bits per heavy atom. The SMILES string of the molecule is Cc1ccc2c(Cl)c(O[Si](C(C)C)(C(C)C)C(C)C)ccc2c1. The molecule has 3 heteroatoms. The maximum absolute atomic E-state index is 6.76. The fraction of sp³-hybridized carbons (Fsp3) is 0.500. The Kier molecular flexibility index (Phi) is 5.47. The van der Waals surface area contributed by atoms with E-state index in [1.54, 1.807) is 0 Å². The van der Waals surface area contributed by atoms with Crippen molar-refractivity contribution in [2.75, 3.05) is 0 Å². The van der Waals surface area contributed by atoms with Crippen LogP contribution in [0, 0.1) is 6.92 Å². The van der Waals surface area contributed by atoms with Gasteiger partial charge in [-0.05, 0) is 35.0 Å². The number of aryl methyl sites for hydroxylation is 1. The molecule has 0 aliphatic rings. The molecule has 1 nitrogen and oxygen atoms in total. The fourth-order valence-corrected chi connectivity index (χ4v) is 9.61. The third-order valence-electron chi connectivity index (χ3n) is 5.07. The standard InChI is InChI=1S/C20H29ClOSi/c1-13(2)23(14(3)4,15(5)6)22-19-11-9-17-12-16(7)8-10-18(17)20(19)21/h8-15H,1-7H3. The maximum atomic E-state index is 6.76. The summed E-state index contributed by atoms with van der Waals surface area (Å²) in [5.74, 6) is 0.853. The highest BCUT2D eigenvalue weighted by molar-refractivity contribution is 6.78. The molecule has 2 aromatic carbocycles. The van der Waals surface area contributed by atoms with Crippen LogP contribution in [-0.2, 0) is 0 Å². The summed E-state index contributed by atoms with van der Waals surface area (Å²) in [5.41, 5.74) is 2.85. The minimum atomic E-state index is -1.98. The summed E-state index contributed by atoms with van der Waals surface area (Å²) in [4.78, 5) is 0. The van der Waals surface area contributed by atoms with Crippen molar-refractivity contribution in [3.05, 3.63) is 40.9 Å². The Balaban J connectivity index is 2.55. The number of halogens is 1. The molecule has 0 saturated carbocycles. The largest absolute Gasteiger partial charge is 0.542 e. The van der Waals surface area contributed by atoms with Gasteiger partial charge < -0.3 is 4.43 Å². The molecule has 0 amide bonds. The Morgan fingerprint density at radius 2 is 1.43 bits per heavy atom. The predicted molar refractivity (Wildman–Crippen MR) is 105 cm³/mol. The molecular formula is C20H29ClOSi. The highest BCUT2D eigenvalue weighted by Gasteiger charge is 2.47. The lowest BCUT2D eigenvalue weighted by Gasteiger charge is -2.42. The molecule has 0 aliphatic carbocycles. The van der Waals surface area contributed by atoms with Gasteiger partial charge >= 0.3 is 0 Å². The van der Waals surface area contributed by atoms with Crippen LogP contribution in [-0.4, -0.2) is 8.32 Å². The van der Waals surface area contributed by atoms with Crippen LogP contribution in [0.2, 0.25) is 21.6 Å². The normalized spacial score (nSPS) is 12.7. The summed E-state index contributed by atoms with van der Waals surface area (Å²) >= 11 is 6.71. The number of benzene rings is 2. The Labute approximate surface area is 147 Å². The van der Waals surface area contributed by atoms with Gasteiger partial charge in [0, 0.05) is 5.39 Å². The molecule has 0 heterocycles. The maximum Gasteiger partial charge on any atom is 0.258 e. The lowest BCUT2D eigenvalue weighted by atomic mass is 10.1. The van der Waals surface area contributed by atoms with Crippen molar-refractivity contribution in [2.45, 2.75) is 65.1 Å². The van der Waals surface area contributed by atoms with Gasteiger partial charge in [-0.1, -0.05) is 83.0 Å². The number of hydrogen-bond donors (Lipinski definition) is 0. The van der Waals surface area contributed by atoms with E-state index >= 15 is 0 Å². The number of fused-ring (bicyclic) bond motifs is 1. The molecule has 0 aliphatic heterocycles. The van der Waals surface area contributed by atoms with Gasteiger partial charge in [-0.25, -0.2) is 0 Å². The quantitative estimate of drug-likeness (QED) is 0.513. The van der Waals surface area contributed by atoms with E-state index in [-0.39, 0.29) is 0 Å². The predicted octanol–water partition coefficient (Wildman–Crippen LogP) is 7.36. The molecular weight excluding hydrogens is 320 g/mol. The molecule has 0 radical (unpaired) electrons. The van der Waals surface area contributed by atoms with Gasteiger partial charge in [0.05, 0.1) is 5.02 Å². The average Bonchev–Trinajstić information content (AvgIpc) is 2.45. The van der Waals surface area contributed by atoms with Gasteiger partial charge in [-0.2, -0.15) is 0 Å². The van der Waals surface area contributed by atoms with E-state index in [4.69, 9.17) is 16.0 Å². The number of hydrogen-bond acceptors (Lipinski definition) is 1. The van der Waals surface area contributed by atoms with E-state index in [2.05, 4.69) is 78.8 Å². The molecule has 0 bridgehead atoms. The molecule has 23 heavy (non-hydrogen) atoms. The summed E-state index contributed by atoms with van der Waals surface area (Å²) in [7, 11) is -1.98. The summed E-state index contributed by atoms with van der Waals surface area (Å²) in [6.45, 7) is 15.9. The zero-order valence-electron chi connectivity index (χ0n) is 15.4. The zero-order chi connectivity index (χ0) is 17.4. The summed E-state index contributed by atoms with van der Waals surface area (Å²) < 4.78 is 6.76. The van der Waals surface area contributed by atoms with E-state index in [0.717, 1.165) is 16.2 Å². The molecule has 0 atom stereocenters. The van der Waals surface area contributed by atoms with E-state index in [1.807, 2.05) is 0 Å². The molecule has 0 spiro atoms. The zero-order valence-corrected chi connectivity index (χ0v) is 17.2. The van der Waals surface area contributed by atoms with Crippen molar-refractivity contribution < 1.29 is 4.43 Å². The third kappa shape index (κ3) is 3.29. The van der Waals surface area contributed by atoms with Gasteiger partial charge in [0.15, 0.2) is 0 Å². The highest BCUT2D eigenvalue weighted by atomic mass is 35.5. The van der Waals surface area contributed by atoms with E-state index in [1.165, 1.54) is 10.9 Å². The molecule has 2 rings (SSSR count). The molecule has 0 N–H and O–H groups in total. The van der Waals surface area contributed by atoms with Crippen LogP contribution in [0.1, 0.15) is 47.1 Å². The van der Waals surface area contributed by atoms with Crippen LogP contribution in [0.5, 0.6) is 5.75 Å². The summed E-state index contributed by atoms with van der Waals surface area (Å²) in [6, 6.07) is 10.6. The first-order chi connectivity index (χ1) is 10.7. The van der Waals surface area contributed by atoms with Gasteiger partial charge in [0.25, 0.3) is 8.32 Å². The Morgan fingerprint density at radius 1 is 0.870 bits per heavy atom. The first-order valence-electron chi connectivity index (χ1n) is 8.58. The molecule has 0 saturated heterocycles. The monoisotopic (exact) mass is 348 g/mol. The second-order valence-electron chi connectivity index (χ2n) is 7.52. The van der Waals surface area contributed by atoms with Gasteiger partial charge in [-0.3, -0.25) is 0 Å². The lowest BCUT2D eigenvalue weighted by Crippen LogP contribution is -2.50. The Bertz CT molecular complexity index is 670. The van der Waals surface area contributed by atoms with Crippen LogP contribution < -0.4 is 4.43 Å². The van der Waals surface area contributed by atoms with Crippen molar-refractivity contribution in [2.24, 2.45) is 0 Å². The average molecular weight is 349 g/mol. The summed E-state index contributed by atoms with van der Waals surface area (Å²) in [6.07, 6.45) is 0. The third-order valence-corrected chi connectivity index (χ3v) is 11.4. The molecule has 2 aromatic rings. The van der Waals surface area contributed by atoms with Crippen LogP contribution in [0.15, 0.2) is 30.3 Å². The fourth-order valence-electron chi connectivity index (χ4n) is 4.01. The van der Waals surface area contributed by atoms with Crippen molar-refractivity contribution in [3.63, 3.8) is 0 Å². The van der Waals surface area contributed by atoms with E-state index in [0.29, 0.717) is 16.6 Å². The first kappa shape index (κ1) is 18.3. The highest BCUT2D eigenvalue weighted by Crippen LogP contribution is 2.45. The van der Waals surface area contributed by atoms with Crippen LogP contribution in [0.4, 0.5) is 0 Å². The second-order valence-corrected chi connectivity index (χ2v) is 13.3. The van der Waals surface area contributed by atoms with E-state index in [9.17, 15) is 0 Å². The molecule has 0 fully saturated rings. The van der Waals surface area contributed by atoms with Crippen molar-refractivity contribution >= 4 is 30.7 Å². The topological polar surface area (TPSA) is 9.23 Å². The number of rotatable bonds is 5. The molecule has 126 valence electrons. The van der Waals surface area contributed by atoms with E-state index < -0.39 is 8.32 Å². The van der Waals surface area contributed by atoms with Gasteiger partial charge in [0.1, 0.15) is 5.75 Å². The van der Waals surface area contributed by atoms with Gasteiger partial charge in [0.2, 0.25) is 0 Å². The van der Waals surface area contributed by atoms with Crippen LogP contribution in [0.25, 0.3) is 10.8 Å². The van der Waals surface area contributed by atoms with Crippen LogP contribution in [0.3, 0.4) is 0 Å². The summed E-state index contributed by atoms with van der Waals surface area (Å²) in [5, 5.41) is 3.00. The lowest BCUT2D eigenvalue weighted by molar-refractivity contribution is 0.480. The van der Waals surface area contributed by atoms with Crippen LogP contribution >= 0.6 is 11.6 Å². The second kappa shape index (κ2) is 6.86. The first-order valence-corrected chi connectivity index (χ1v) is 11.1. The minimum Gasteiger partial charge on any atom is -0.542 e. The Hall–Kier alpha value is -0.993. The smallest absolute Gasteiger partial charge is 0.258 e. The molecule has 0 aromatic heterocycles.